The predicted molar refractivity (Wildman–Crippen MR) is 89.0 cm³/mol. The largest absolute Gasteiger partial charge is 0.207 e. The molecule has 0 fully saturated rings. The molecule has 2 rings (SSSR count). The van der Waals surface area contributed by atoms with Crippen molar-refractivity contribution in [1.82, 2.24) is 0 Å². The fraction of sp³-hybridized carbons (Fsp3) is 0.250. The number of unbranched alkanes of at least 4 members (excludes halogenated alkanes) is 1. The topological polar surface area (TPSA) is 23.8 Å². The molecule has 118 valence electrons. The number of hydrogen-bond donors (Lipinski definition) is 0. The van der Waals surface area contributed by atoms with E-state index in [-0.39, 0.29) is 11.6 Å². The molecule has 0 atom stereocenters. The quantitative estimate of drug-likeness (QED) is 0.682. The second-order valence-electron chi connectivity index (χ2n) is 5.46. The van der Waals surface area contributed by atoms with E-state index < -0.39 is 0 Å². The van der Waals surface area contributed by atoms with Gasteiger partial charge in [-0.25, -0.2) is 8.78 Å². The van der Waals surface area contributed by atoms with Crippen LogP contribution in [0.2, 0.25) is 0 Å². The summed E-state index contributed by atoms with van der Waals surface area (Å²) < 4.78 is 27.6. The molecule has 0 spiro atoms. The highest BCUT2D eigenvalue weighted by Crippen LogP contribution is 2.19. The Kier molecular flexibility index (Phi) is 6.05. The van der Waals surface area contributed by atoms with E-state index in [2.05, 4.69) is 0 Å². The number of hydrogen-bond acceptors (Lipinski definition) is 1. The monoisotopic (exact) mass is 311 g/mol. The lowest BCUT2D eigenvalue weighted by Crippen LogP contribution is -1.96. The second-order valence-corrected chi connectivity index (χ2v) is 5.46. The first kappa shape index (κ1) is 16.9. The Morgan fingerprint density at radius 2 is 1.87 bits per heavy atom. The van der Waals surface area contributed by atoms with Crippen molar-refractivity contribution >= 4 is 5.83 Å². The first-order valence-corrected chi connectivity index (χ1v) is 7.77. The third kappa shape index (κ3) is 4.75. The number of allylic oxidation sites excluding steroid dienone is 1. The number of rotatable bonds is 6. The number of halogens is 2. The summed E-state index contributed by atoms with van der Waals surface area (Å²) >= 11 is 0. The summed E-state index contributed by atoms with van der Waals surface area (Å²) in [5.74, 6) is -0.550. The molecule has 0 saturated carbocycles. The fourth-order valence-corrected chi connectivity index (χ4v) is 2.32. The van der Waals surface area contributed by atoms with Crippen molar-refractivity contribution in [3.8, 4) is 6.07 Å². The van der Waals surface area contributed by atoms with Crippen LogP contribution in [0.4, 0.5) is 8.78 Å². The van der Waals surface area contributed by atoms with Crippen LogP contribution < -0.4 is 0 Å². The molecule has 0 aliphatic rings. The van der Waals surface area contributed by atoms with Gasteiger partial charge < -0.3 is 0 Å². The van der Waals surface area contributed by atoms with Crippen molar-refractivity contribution in [3.05, 3.63) is 76.6 Å². The van der Waals surface area contributed by atoms with Crippen molar-refractivity contribution in [2.24, 2.45) is 0 Å². The summed E-state index contributed by atoms with van der Waals surface area (Å²) in [5.41, 5.74) is 2.51. The van der Waals surface area contributed by atoms with Crippen LogP contribution in [0.5, 0.6) is 0 Å². The number of nitriles is 1. The number of benzene rings is 2. The van der Waals surface area contributed by atoms with Crippen LogP contribution in [-0.2, 0) is 12.8 Å². The fourth-order valence-electron chi connectivity index (χ4n) is 2.32. The van der Waals surface area contributed by atoms with E-state index in [4.69, 9.17) is 5.26 Å². The third-order valence-corrected chi connectivity index (χ3v) is 3.71. The maximum atomic E-state index is 13.8. The SMILES string of the molecule is CCCC=C(F)c1ccc(CCc2ccc(C#N)cc2F)cc1. The highest BCUT2D eigenvalue weighted by molar-refractivity contribution is 5.59. The molecule has 1 nitrogen and oxygen atoms in total. The lowest BCUT2D eigenvalue weighted by Gasteiger charge is -2.05. The van der Waals surface area contributed by atoms with E-state index in [1.165, 1.54) is 6.07 Å². The van der Waals surface area contributed by atoms with Gasteiger partial charge in [-0.3, -0.25) is 0 Å². The molecule has 23 heavy (non-hydrogen) atoms. The van der Waals surface area contributed by atoms with E-state index in [1.807, 2.05) is 25.1 Å². The van der Waals surface area contributed by atoms with Gasteiger partial charge in [-0.15, -0.1) is 0 Å². The molecule has 0 bridgehead atoms. The van der Waals surface area contributed by atoms with Gasteiger partial charge in [0.25, 0.3) is 0 Å². The van der Waals surface area contributed by atoms with E-state index in [9.17, 15) is 8.78 Å². The van der Waals surface area contributed by atoms with Crippen molar-refractivity contribution < 1.29 is 8.78 Å². The van der Waals surface area contributed by atoms with Gasteiger partial charge in [0.2, 0.25) is 0 Å². The van der Waals surface area contributed by atoms with Gasteiger partial charge in [-0.05, 0) is 48.6 Å². The Balaban J connectivity index is 2.00. The Bertz CT molecular complexity index is 724. The normalized spacial score (nSPS) is 11.3. The van der Waals surface area contributed by atoms with Crippen molar-refractivity contribution in [3.63, 3.8) is 0 Å². The standard InChI is InChI=1S/C20H19F2N/c1-2-3-4-19(21)17-9-5-15(6-10-17)7-11-18-12-8-16(14-23)13-20(18)22/h4-6,8-10,12-13H,2-3,7,11H2,1H3. The van der Waals surface area contributed by atoms with Gasteiger partial charge >= 0.3 is 0 Å². The zero-order chi connectivity index (χ0) is 16.7. The molecule has 2 aromatic rings. The maximum absolute atomic E-state index is 13.8. The van der Waals surface area contributed by atoms with Crippen molar-refractivity contribution in [2.75, 3.05) is 0 Å². The predicted octanol–water partition coefficient (Wildman–Crippen LogP) is 5.59. The van der Waals surface area contributed by atoms with Gasteiger partial charge in [0.05, 0.1) is 11.6 Å². The zero-order valence-electron chi connectivity index (χ0n) is 13.2. The van der Waals surface area contributed by atoms with Crippen LogP contribution in [0.25, 0.3) is 5.83 Å². The summed E-state index contributed by atoms with van der Waals surface area (Å²) in [6.07, 6.45) is 4.46. The lowest BCUT2D eigenvalue weighted by molar-refractivity contribution is 0.608. The summed E-state index contributed by atoms with van der Waals surface area (Å²) in [5, 5.41) is 8.73. The highest BCUT2D eigenvalue weighted by atomic mass is 19.1. The highest BCUT2D eigenvalue weighted by Gasteiger charge is 2.05. The Morgan fingerprint density at radius 3 is 2.48 bits per heavy atom. The first-order chi connectivity index (χ1) is 11.1. The van der Waals surface area contributed by atoms with Gasteiger partial charge in [0.15, 0.2) is 0 Å². The van der Waals surface area contributed by atoms with Crippen LogP contribution in [0.15, 0.2) is 48.5 Å². The Labute approximate surface area is 135 Å². The molecule has 0 amide bonds. The minimum atomic E-state index is -0.353. The summed E-state index contributed by atoms with van der Waals surface area (Å²) in [6, 6.07) is 13.7. The lowest BCUT2D eigenvalue weighted by atomic mass is 10.0. The first-order valence-electron chi connectivity index (χ1n) is 7.77. The van der Waals surface area contributed by atoms with E-state index >= 15 is 0 Å². The molecule has 0 aromatic heterocycles. The van der Waals surface area contributed by atoms with Crippen LogP contribution in [0.1, 0.15) is 42.0 Å². The molecular weight excluding hydrogens is 292 g/mol. The van der Waals surface area contributed by atoms with Gasteiger partial charge in [-0.2, -0.15) is 5.26 Å². The van der Waals surface area contributed by atoms with E-state index in [0.29, 0.717) is 29.5 Å². The molecule has 0 unspecified atom stereocenters. The molecular formula is C20H19F2N. The molecule has 2 aromatic carbocycles. The molecule has 0 aliphatic carbocycles. The Hall–Kier alpha value is -2.47. The van der Waals surface area contributed by atoms with Crippen LogP contribution in [0.3, 0.4) is 0 Å². The summed E-state index contributed by atoms with van der Waals surface area (Å²) in [7, 11) is 0. The molecule has 0 aliphatic heterocycles. The van der Waals surface area contributed by atoms with E-state index in [1.54, 1.807) is 30.3 Å². The summed E-state index contributed by atoms with van der Waals surface area (Å²) in [4.78, 5) is 0. The van der Waals surface area contributed by atoms with Gasteiger partial charge in [0, 0.05) is 5.56 Å². The molecule has 3 heteroatoms. The maximum Gasteiger partial charge on any atom is 0.127 e. The van der Waals surface area contributed by atoms with Crippen molar-refractivity contribution in [1.29, 1.82) is 5.26 Å². The minimum Gasteiger partial charge on any atom is -0.207 e. The van der Waals surface area contributed by atoms with Gasteiger partial charge in [0.1, 0.15) is 11.6 Å². The van der Waals surface area contributed by atoms with Crippen molar-refractivity contribution in [2.45, 2.75) is 32.6 Å². The van der Waals surface area contributed by atoms with Crippen LogP contribution in [0, 0.1) is 17.1 Å². The minimum absolute atomic E-state index is 0.198. The number of aryl methyl sites for hydroxylation is 2. The zero-order valence-corrected chi connectivity index (χ0v) is 13.2. The van der Waals surface area contributed by atoms with E-state index in [0.717, 1.165) is 18.4 Å². The molecule has 0 radical (unpaired) electrons. The van der Waals surface area contributed by atoms with Gasteiger partial charge in [-0.1, -0.05) is 43.7 Å². The average Bonchev–Trinajstić information content (AvgIpc) is 2.59. The molecule has 0 N–H and O–H groups in total. The Morgan fingerprint density at radius 1 is 1.13 bits per heavy atom. The second kappa shape index (κ2) is 8.24. The van der Waals surface area contributed by atoms with Crippen LogP contribution in [-0.4, -0.2) is 0 Å². The van der Waals surface area contributed by atoms with Crippen LogP contribution >= 0.6 is 0 Å². The summed E-state index contributed by atoms with van der Waals surface area (Å²) in [6.45, 7) is 2.01. The average molecular weight is 311 g/mol. The number of nitrogens with zero attached hydrogens (tertiary/aromatic N) is 1. The molecule has 0 saturated heterocycles. The molecule has 0 heterocycles. The third-order valence-electron chi connectivity index (χ3n) is 3.71. The smallest absolute Gasteiger partial charge is 0.127 e.